The van der Waals surface area contributed by atoms with E-state index in [9.17, 15) is 0 Å². The summed E-state index contributed by atoms with van der Waals surface area (Å²) >= 11 is 0. The Hall–Kier alpha value is 0.150. The van der Waals surface area contributed by atoms with E-state index in [2.05, 4.69) is 6.08 Å². The third-order valence-corrected chi connectivity index (χ3v) is 1.55. The molecular formula is C9H10MgOZn. The fourth-order valence-corrected chi connectivity index (χ4v) is 1.06. The summed E-state index contributed by atoms with van der Waals surface area (Å²) in [5, 5.41) is 0. The first-order valence-electron chi connectivity index (χ1n) is 3.35. The predicted octanol–water partition coefficient (Wildman–Crippen LogP) is 1.93. The van der Waals surface area contributed by atoms with E-state index in [1.165, 1.54) is 5.56 Å². The minimum Gasteiger partial charge on any atom is -1.00 e. The molecule has 1 nitrogen and oxygen atoms in total. The second-order valence-corrected chi connectivity index (χ2v) is 2.25. The van der Waals surface area contributed by atoms with Crippen LogP contribution in [0.2, 0.25) is 0 Å². The molecule has 0 fully saturated rings. The average molecular weight is 224 g/mol. The van der Waals surface area contributed by atoms with Crippen molar-refractivity contribution in [3.8, 4) is 5.75 Å². The summed E-state index contributed by atoms with van der Waals surface area (Å²) in [6.45, 7) is 0.705. The van der Waals surface area contributed by atoms with Crippen LogP contribution in [-0.2, 0) is 19.5 Å². The quantitative estimate of drug-likeness (QED) is 0.611. The molecule has 0 radical (unpaired) electrons. The molecule has 12 heavy (non-hydrogen) atoms. The van der Waals surface area contributed by atoms with E-state index >= 15 is 0 Å². The summed E-state index contributed by atoms with van der Waals surface area (Å²) in [5.41, 5.74) is 1.17. The van der Waals surface area contributed by atoms with Crippen LogP contribution in [0.4, 0.5) is 0 Å². The van der Waals surface area contributed by atoms with E-state index < -0.39 is 0 Å². The molecule has 0 spiro atoms. The monoisotopic (exact) mass is 222 g/mol. The van der Waals surface area contributed by atoms with Crippen LogP contribution in [0.25, 0.3) is 6.08 Å². The molecule has 0 saturated heterocycles. The first-order chi connectivity index (χ1) is 4.97. The van der Waals surface area contributed by atoms with Crippen LogP contribution in [-0.4, -0.2) is 29.7 Å². The molecule has 0 bridgehead atoms. The zero-order valence-electron chi connectivity index (χ0n) is 8.99. The van der Waals surface area contributed by atoms with Gasteiger partial charge in [-0.1, -0.05) is 24.3 Å². The molecule has 56 valence electrons. The molecule has 0 N–H and O–H groups in total. The van der Waals surface area contributed by atoms with Crippen molar-refractivity contribution in [2.24, 2.45) is 0 Å². The number of benzene rings is 1. The number of ether oxygens (including phenoxy) is 1. The topological polar surface area (TPSA) is 9.23 Å². The van der Waals surface area contributed by atoms with Gasteiger partial charge in [0.25, 0.3) is 0 Å². The molecule has 0 atom stereocenters. The van der Waals surface area contributed by atoms with Crippen molar-refractivity contribution < 1.29 is 27.1 Å². The van der Waals surface area contributed by atoms with Gasteiger partial charge in [-0.05, 0) is 12.1 Å². The summed E-state index contributed by atoms with van der Waals surface area (Å²) in [4.78, 5) is 0. The van der Waals surface area contributed by atoms with Crippen LogP contribution in [0.3, 0.4) is 0 Å². The van der Waals surface area contributed by atoms with Crippen LogP contribution < -0.4 is 4.74 Å². The minimum atomic E-state index is 0. The molecular weight excluding hydrogens is 214 g/mol. The zero-order chi connectivity index (χ0) is 6.81. The van der Waals surface area contributed by atoms with Crippen molar-refractivity contribution in [1.82, 2.24) is 0 Å². The summed E-state index contributed by atoms with van der Waals surface area (Å²) in [6, 6.07) is 8.03. The van der Waals surface area contributed by atoms with E-state index in [0.717, 1.165) is 5.75 Å². The van der Waals surface area contributed by atoms with Gasteiger partial charge in [-0.2, -0.15) is 0 Å². The van der Waals surface area contributed by atoms with E-state index in [-0.39, 0.29) is 45.4 Å². The van der Waals surface area contributed by atoms with E-state index in [1.54, 1.807) is 0 Å². The van der Waals surface area contributed by atoms with Crippen LogP contribution in [0.15, 0.2) is 30.3 Å². The van der Waals surface area contributed by atoms with Gasteiger partial charge in [0.1, 0.15) is 12.4 Å². The van der Waals surface area contributed by atoms with Crippen LogP contribution in [0.5, 0.6) is 5.75 Å². The maximum atomic E-state index is 5.34. The molecule has 1 aromatic rings. The van der Waals surface area contributed by atoms with Gasteiger partial charge in [0.2, 0.25) is 0 Å². The van der Waals surface area contributed by atoms with Crippen molar-refractivity contribution in [3.05, 3.63) is 35.9 Å². The summed E-state index contributed by atoms with van der Waals surface area (Å²) in [6.07, 6.45) is 4.10. The minimum absolute atomic E-state index is 0. The van der Waals surface area contributed by atoms with Crippen molar-refractivity contribution in [3.63, 3.8) is 0 Å². The molecule has 0 unspecified atom stereocenters. The summed E-state index contributed by atoms with van der Waals surface area (Å²) < 4.78 is 5.34. The Balaban J connectivity index is -0.000000302. The van der Waals surface area contributed by atoms with Gasteiger partial charge in [0, 0.05) is 25.0 Å². The summed E-state index contributed by atoms with van der Waals surface area (Å²) in [7, 11) is 0. The Morgan fingerprint density at radius 3 is 2.75 bits per heavy atom. The van der Waals surface area contributed by atoms with Crippen LogP contribution in [0.1, 0.15) is 8.42 Å². The van der Waals surface area contributed by atoms with E-state index in [1.807, 2.05) is 30.3 Å². The van der Waals surface area contributed by atoms with Gasteiger partial charge < -0.3 is 7.59 Å². The van der Waals surface area contributed by atoms with Crippen molar-refractivity contribution >= 4 is 29.1 Å². The van der Waals surface area contributed by atoms with Gasteiger partial charge in [0.15, 0.2) is 0 Å². The third-order valence-electron chi connectivity index (χ3n) is 1.55. The largest absolute Gasteiger partial charge is 2.00 e. The maximum absolute atomic E-state index is 5.34. The van der Waals surface area contributed by atoms with Crippen molar-refractivity contribution in [1.29, 1.82) is 0 Å². The van der Waals surface area contributed by atoms with Gasteiger partial charge in [0.05, 0.1) is 0 Å². The molecule has 0 aliphatic carbocycles. The predicted molar refractivity (Wildman–Crippen MR) is 48.9 cm³/mol. The Labute approximate surface area is 104 Å². The molecule has 0 aromatic heterocycles. The Morgan fingerprint density at radius 1 is 1.25 bits per heavy atom. The second-order valence-electron chi connectivity index (χ2n) is 2.25. The first-order valence-corrected chi connectivity index (χ1v) is 3.35. The summed E-state index contributed by atoms with van der Waals surface area (Å²) in [5.74, 6) is 0.991. The average Bonchev–Trinajstić information content (AvgIpc) is 2.05. The first kappa shape index (κ1) is 12.1. The maximum Gasteiger partial charge on any atom is 2.00 e. The van der Waals surface area contributed by atoms with Crippen LogP contribution >= 0.6 is 0 Å². The van der Waals surface area contributed by atoms with Crippen molar-refractivity contribution in [2.45, 2.75) is 0 Å². The molecule has 1 aromatic carbocycles. The number of fused-ring (bicyclic) bond motifs is 1. The number of rotatable bonds is 0. The third kappa shape index (κ3) is 2.58. The van der Waals surface area contributed by atoms with Gasteiger partial charge in [-0.15, -0.1) is 0 Å². The molecule has 2 rings (SSSR count). The normalized spacial score (nSPS) is 11.7. The standard InChI is InChI=1S/C9H8O.Mg.Zn.2H/c1-2-6-9-8(4-1)5-3-7-10-9;;;;/h1-6H,7H2;;;;/q;+2;;2*-1. The second kappa shape index (κ2) is 5.74. The molecule has 1 aliphatic heterocycles. The molecule has 3 heteroatoms. The number of hydrogen-bond acceptors (Lipinski definition) is 1. The fourth-order valence-electron chi connectivity index (χ4n) is 1.06. The van der Waals surface area contributed by atoms with Crippen molar-refractivity contribution in [2.75, 3.05) is 6.61 Å². The molecule has 1 aliphatic rings. The Bertz CT molecular complexity index is 281. The Morgan fingerprint density at radius 2 is 2.00 bits per heavy atom. The van der Waals surface area contributed by atoms with Gasteiger partial charge in [-0.3, -0.25) is 0 Å². The molecule has 1 heterocycles. The SMILES string of the molecule is C1=Cc2ccccc2OC1.[H-].[H-].[Mg+2].[Zn]. The van der Waals surface area contributed by atoms with E-state index in [4.69, 9.17) is 4.74 Å². The fraction of sp³-hybridized carbons (Fsp3) is 0.111. The smallest absolute Gasteiger partial charge is 1.00 e. The van der Waals surface area contributed by atoms with Gasteiger partial charge in [-0.25, -0.2) is 0 Å². The number of hydrogen-bond donors (Lipinski definition) is 0. The Kier molecular flexibility index (Phi) is 5.81. The molecule has 0 amide bonds. The van der Waals surface area contributed by atoms with Crippen LogP contribution in [0, 0.1) is 0 Å². The number of para-hydroxylation sites is 1. The zero-order valence-corrected chi connectivity index (χ0v) is 11.4. The molecule has 0 saturated carbocycles. The van der Waals surface area contributed by atoms with Gasteiger partial charge >= 0.3 is 23.1 Å². The van der Waals surface area contributed by atoms with E-state index in [0.29, 0.717) is 6.61 Å².